The normalized spacial score (nSPS) is 23.6. The van der Waals surface area contributed by atoms with Crippen molar-refractivity contribution in [3.05, 3.63) is 12.2 Å². The van der Waals surface area contributed by atoms with Crippen molar-refractivity contribution in [2.75, 3.05) is 0 Å². The van der Waals surface area contributed by atoms with Gasteiger partial charge in [0.25, 0.3) is 0 Å². The zero-order chi connectivity index (χ0) is 12.1. The lowest BCUT2D eigenvalue weighted by Gasteiger charge is -2.32. The van der Waals surface area contributed by atoms with Crippen LogP contribution in [0, 0.1) is 0 Å². The van der Waals surface area contributed by atoms with Crippen LogP contribution < -0.4 is 0 Å². The lowest BCUT2D eigenvalue weighted by Crippen LogP contribution is -2.37. The van der Waals surface area contributed by atoms with Gasteiger partial charge in [0.1, 0.15) is 0 Å². The summed E-state index contributed by atoms with van der Waals surface area (Å²) < 4.78 is 5.81. The molecule has 1 N–H and O–H groups in total. The maximum Gasteiger partial charge on any atom is 0.330 e. The molecule has 15 heavy (non-hydrogen) atoms. The molecule has 0 aromatic heterocycles. The molecule has 0 radical (unpaired) electrons. The fraction of sp³-hybridized carbons (Fsp3) is 0.727. The molecule has 0 aromatic carbocycles. The Morgan fingerprint density at radius 2 is 2.00 bits per heavy atom. The highest BCUT2D eigenvalue weighted by Crippen LogP contribution is 2.24. The maximum atomic E-state index is 9.60. The Balaban J connectivity index is 0.000000288. The first-order valence-electron chi connectivity index (χ1n) is 5.31. The molecule has 1 unspecified atom stereocenters. The van der Waals surface area contributed by atoms with Crippen LogP contribution >= 0.6 is 0 Å². The lowest BCUT2D eigenvalue weighted by molar-refractivity contribution is -0.132. The molecule has 4 heteroatoms. The fourth-order valence-electron chi connectivity index (χ4n) is 1.48. The Hall–Kier alpha value is -0.613. The van der Waals surface area contributed by atoms with Gasteiger partial charge < -0.3 is 9.53 Å². The van der Waals surface area contributed by atoms with Crippen molar-refractivity contribution in [1.82, 2.24) is 0 Å². The van der Waals surface area contributed by atoms with Gasteiger partial charge in [0, 0.05) is 11.7 Å². The van der Waals surface area contributed by atoms with Crippen molar-refractivity contribution in [3.63, 3.8) is 0 Å². The standard InChI is InChI=1S/C7H16OSi.C4H6O2/c1-7-5-4-6-9(2,3)8-7;1-3(2)4(5)6/h7H,4-6H2,1-3H3;1H2,2H3,(H,5,6). The third kappa shape index (κ3) is 7.33. The summed E-state index contributed by atoms with van der Waals surface area (Å²) in [6.07, 6.45) is 3.21. The molecular formula is C11H22O3Si. The second-order valence-corrected chi connectivity index (χ2v) is 8.92. The molecule has 1 heterocycles. The number of hydrogen-bond donors (Lipinski definition) is 1. The van der Waals surface area contributed by atoms with Crippen LogP contribution in [-0.4, -0.2) is 25.5 Å². The molecule has 0 saturated carbocycles. The van der Waals surface area contributed by atoms with Gasteiger partial charge in [0.15, 0.2) is 8.32 Å². The van der Waals surface area contributed by atoms with Gasteiger partial charge >= 0.3 is 5.97 Å². The van der Waals surface area contributed by atoms with E-state index in [-0.39, 0.29) is 5.57 Å². The smallest absolute Gasteiger partial charge is 0.330 e. The Labute approximate surface area is 93.3 Å². The Morgan fingerprint density at radius 3 is 2.20 bits per heavy atom. The SMILES string of the molecule is C=C(C)C(=O)O.CC1CCC[Si](C)(C)O1. The highest BCUT2D eigenvalue weighted by molar-refractivity contribution is 6.71. The molecule has 3 nitrogen and oxygen atoms in total. The first-order valence-corrected chi connectivity index (χ1v) is 8.43. The number of rotatable bonds is 1. The van der Waals surface area contributed by atoms with Crippen LogP contribution in [0.1, 0.15) is 26.7 Å². The van der Waals surface area contributed by atoms with E-state index < -0.39 is 14.3 Å². The Bertz CT molecular complexity index is 224. The van der Waals surface area contributed by atoms with E-state index >= 15 is 0 Å². The molecular weight excluding hydrogens is 208 g/mol. The van der Waals surface area contributed by atoms with E-state index in [4.69, 9.17) is 9.53 Å². The van der Waals surface area contributed by atoms with Crippen LogP contribution in [0.2, 0.25) is 19.1 Å². The van der Waals surface area contributed by atoms with Crippen molar-refractivity contribution < 1.29 is 14.3 Å². The second-order valence-electron chi connectivity index (χ2n) is 4.67. The van der Waals surface area contributed by atoms with E-state index in [9.17, 15) is 4.79 Å². The average Bonchev–Trinajstić information content (AvgIpc) is 2.02. The van der Waals surface area contributed by atoms with Gasteiger partial charge in [-0.15, -0.1) is 0 Å². The minimum atomic E-state index is -1.15. The molecule has 1 aliphatic rings. The van der Waals surface area contributed by atoms with E-state index in [0.717, 1.165) is 0 Å². The second kappa shape index (κ2) is 6.08. The largest absolute Gasteiger partial charge is 0.478 e. The summed E-state index contributed by atoms with van der Waals surface area (Å²) in [4.78, 5) is 9.60. The molecule has 1 rings (SSSR count). The van der Waals surface area contributed by atoms with E-state index in [1.807, 2.05) is 0 Å². The molecule has 0 aliphatic carbocycles. The molecule has 1 atom stereocenters. The summed E-state index contributed by atoms with van der Waals surface area (Å²) in [6, 6.07) is 1.36. The molecule has 0 aromatic rings. The minimum Gasteiger partial charge on any atom is -0.478 e. The van der Waals surface area contributed by atoms with Crippen LogP contribution in [0.5, 0.6) is 0 Å². The number of aliphatic carboxylic acids is 1. The number of carboxylic acid groups (broad SMARTS) is 1. The zero-order valence-corrected chi connectivity index (χ0v) is 11.2. The number of hydrogen-bond acceptors (Lipinski definition) is 2. The molecule has 0 amide bonds. The summed E-state index contributed by atoms with van der Waals surface area (Å²) in [6.45, 7) is 11.4. The van der Waals surface area contributed by atoms with Gasteiger partial charge in [-0.05, 0) is 39.4 Å². The van der Waals surface area contributed by atoms with Gasteiger partial charge in [-0.2, -0.15) is 0 Å². The predicted molar refractivity (Wildman–Crippen MR) is 64.5 cm³/mol. The topological polar surface area (TPSA) is 46.5 Å². The van der Waals surface area contributed by atoms with Crippen molar-refractivity contribution in [2.24, 2.45) is 0 Å². The number of carbonyl (C=O) groups is 1. The van der Waals surface area contributed by atoms with Crippen molar-refractivity contribution in [3.8, 4) is 0 Å². The first-order chi connectivity index (χ1) is 6.74. The fourth-order valence-corrected chi connectivity index (χ4v) is 3.86. The van der Waals surface area contributed by atoms with Gasteiger partial charge in [-0.25, -0.2) is 4.79 Å². The molecule has 0 spiro atoms. The van der Waals surface area contributed by atoms with E-state index in [2.05, 4.69) is 26.6 Å². The highest BCUT2D eigenvalue weighted by atomic mass is 28.4. The Morgan fingerprint density at radius 1 is 1.53 bits per heavy atom. The van der Waals surface area contributed by atoms with Crippen LogP contribution in [0.15, 0.2) is 12.2 Å². The molecule has 0 bridgehead atoms. The van der Waals surface area contributed by atoms with Gasteiger partial charge in [0.05, 0.1) is 0 Å². The molecule has 1 aliphatic heterocycles. The third-order valence-electron chi connectivity index (χ3n) is 2.27. The van der Waals surface area contributed by atoms with Gasteiger partial charge in [-0.1, -0.05) is 13.0 Å². The Kier molecular flexibility index (Phi) is 5.83. The molecule has 1 fully saturated rings. The predicted octanol–water partition coefficient (Wildman–Crippen LogP) is 3.04. The van der Waals surface area contributed by atoms with Gasteiger partial charge in [-0.3, -0.25) is 0 Å². The van der Waals surface area contributed by atoms with Crippen LogP contribution in [0.3, 0.4) is 0 Å². The maximum absolute atomic E-state index is 9.60. The summed E-state index contributed by atoms with van der Waals surface area (Å²) in [5.41, 5.74) is 0.176. The number of carboxylic acids is 1. The quantitative estimate of drug-likeness (QED) is 0.556. The molecule has 88 valence electrons. The monoisotopic (exact) mass is 230 g/mol. The van der Waals surface area contributed by atoms with Gasteiger partial charge in [0.2, 0.25) is 0 Å². The van der Waals surface area contributed by atoms with Crippen molar-refractivity contribution in [1.29, 1.82) is 0 Å². The van der Waals surface area contributed by atoms with Crippen LogP contribution in [0.25, 0.3) is 0 Å². The molecule has 1 saturated heterocycles. The summed E-state index contributed by atoms with van der Waals surface area (Å²) >= 11 is 0. The van der Waals surface area contributed by atoms with Crippen molar-refractivity contribution in [2.45, 2.75) is 51.9 Å². The minimum absolute atomic E-state index is 0.176. The van der Waals surface area contributed by atoms with Crippen LogP contribution in [0.4, 0.5) is 0 Å². The van der Waals surface area contributed by atoms with Crippen molar-refractivity contribution >= 4 is 14.3 Å². The average molecular weight is 230 g/mol. The summed E-state index contributed by atoms with van der Waals surface area (Å²) in [7, 11) is -1.15. The first kappa shape index (κ1) is 14.4. The van der Waals surface area contributed by atoms with E-state index in [1.54, 1.807) is 0 Å². The summed E-state index contributed by atoms with van der Waals surface area (Å²) in [5.74, 6) is -0.935. The highest BCUT2D eigenvalue weighted by Gasteiger charge is 2.28. The third-order valence-corrected chi connectivity index (χ3v) is 4.87. The summed E-state index contributed by atoms with van der Waals surface area (Å²) in [5, 5.41) is 7.89. The van der Waals surface area contributed by atoms with E-state index in [1.165, 1.54) is 25.8 Å². The lowest BCUT2D eigenvalue weighted by atomic mass is 10.2. The zero-order valence-electron chi connectivity index (χ0n) is 10.2. The van der Waals surface area contributed by atoms with Crippen LogP contribution in [-0.2, 0) is 9.22 Å². The van der Waals surface area contributed by atoms with E-state index in [0.29, 0.717) is 6.10 Å².